The number of hydrogen-bond acceptors (Lipinski definition) is 5. The number of rotatable bonds is 9. The van der Waals surface area contributed by atoms with Gasteiger partial charge in [-0.1, -0.05) is 32.9 Å². The number of aliphatic hydroxyl groups is 1. The van der Waals surface area contributed by atoms with Gasteiger partial charge >= 0.3 is 6.18 Å². The number of carbonyl (C=O) groups is 1. The summed E-state index contributed by atoms with van der Waals surface area (Å²) in [6, 6.07) is 1.49. The second kappa shape index (κ2) is 8.51. The summed E-state index contributed by atoms with van der Waals surface area (Å²) in [5.41, 5.74) is -1.24. The Balaban J connectivity index is 2.61. The number of aliphatic hydroxyl groups excluding tert-OH is 1. The first-order valence-electron chi connectivity index (χ1n) is 8.08. The number of alkyl halides is 3. The van der Waals surface area contributed by atoms with Crippen molar-refractivity contribution in [2.24, 2.45) is 5.41 Å². The molecule has 1 unspecified atom stereocenters. The van der Waals surface area contributed by atoms with E-state index in [1.165, 1.54) is 6.07 Å². The van der Waals surface area contributed by atoms with Gasteiger partial charge in [-0.05, 0) is 6.42 Å². The molecule has 1 amide bonds. The first kappa shape index (κ1) is 22.6. The van der Waals surface area contributed by atoms with Crippen molar-refractivity contribution in [2.75, 3.05) is 23.4 Å². The fourth-order valence-electron chi connectivity index (χ4n) is 1.99. The SMILES string of the molecule is CC(C)(CS(=O)CCCC(F)(F)F)C(=O)Nc1cc(C(C)(C)CO)no1. The zero-order valence-corrected chi connectivity index (χ0v) is 16.1. The average molecular weight is 398 g/mol. The van der Waals surface area contributed by atoms with Gasteiger partial charge in [-0.15, -0.1) is 0 Å². The molecule has 0 saturated heterocycles. The molecule has 6 nitrogen and oxygen atoms in total. The molecular weight excluding hydrogens is 373 g/mol. The Kier molecular flexibility index (Phi) is 7.41. The minimum atomic E-state index is -4.27. The van der Waals surface area contributed by atoms with Crippen molar-refractivity contribution >= 4 is 22.6 Å². The second-order valence-corrected chi connectivity index (χ2v) is 9.04. The normalized spacial score (nSPS) is 14.3. The van der Waals surface area contributed by atoms with Crippen LogP contribution >= 0.6 is 0 Å². The summed E-state index contributed by atoms with van der Waals surface area (Å²) in [4.78, 5) is 12.4. The fourth-order valence-corrected chi connectivity index (χ4v) is 3.54. The van der Waals surface area contributed by atoms with E-state index >= 15 is 0 Å². The molecular formula is C16H25F3N2O4S. The third-order valence-electron chi connectivity index (χ3n) is 3.80. The number of anilines is 1. The Hall–Kier alpha value is -1.42. The van der Waals surface area contributed by atoms with Crippen LogP contribution in [-0.4, -0.2) is 44.7 Å². The van der Waals surface area contributed by atoms with Crippen molar-refractivity contribution in [3.63, 3.8) is 0 Å². The smallest absolute Gasteiger partial charge is 0.389 e. The number of carbonyl (C=O) groups excluding carboxylic acids is 1. The molecule has 0 aliphatic rings. The fraction of sp³-hybridized carbons (Fsp3) is 0.750. The predicted molar refractivity (Wildman–Crippen MR) is 92.2 cm³/mol. The quantitative estimate of drug-likeness (QED) is 0.667. The predicted octanol–water partition coefficient (Wildman–Crippen LogP) is 3.00. The molecule has 0 aliphatic carbocycles. The van der Waals surface area contributed by atoms with Crippen molar-refractivity contribution < 1.29 is 31.8 Å². The number of halogens is 3. The third-order valence-corrected chi connectivity index (χ3v) is 5.59. The van der Waals surface area contributed by atoms with Crippen LogP contribution in [-0.2, 0) is 21.0 Å². The van der Waals surface area contributed by atoms with E-state index in [2.05, 4.69) is 10.5 Å². The van der Waals surface area contributed by atoms with Crippen LogP contribution in [0.3, 0.4) is 0 Å². The van der Waals surface area contributed by atoms with Gasteiger partial charge in [0.1, 0.15) is 0 Å². The Morgan fingerprint density at radius 2 is 1.92 bits per heavy atom. The zero-order valence-electron chi connectivity index (χ0n) is 15.3. The van der Waals surface area contributed by atoms with Crippen LogP contribution < -0.4 is 5.32 Å². The number of nitrogens with one attached hydrogen (secondary N) is 1. The molecule has 0 radical (unpaired) electrons. The first-order valence-corrected chi connectivity index (χ1v) is 9.57. The highest BCUT2D eigenvalue weighted by atomic mass is 32.2. The molecule has 150 valence electrons. The minimum absolute atomic E-state index is 0.0696. The van der Waals surface area contributed by atoms with Crippen LogP contribution in [0.15, 0.2) is 10.6 Å². The molecule has 0 aromatic carbocycles. The molecule has 1 aromatic heterocycles. The van der Waals surface area contributed by atoms with Crippen molar-refractivity contribution in [3.05, 3.63) is 11.8 Å². The van der Waals surface area contributed by atoms with Gasteiger partial charge in [-0.3, -0.25) is 14.3 Å². The van der Waals surface area contributed by atoms with Gasteiger partial charge in [0.05, 0.1) is 17.7 Å². The summed E-state index contributed by atoms with van der Waals surface area (Å²) < 4.78 is 53.4. The third kappa shape index (κ3) is 7.06. The van der Waals surface area contributed by atoms with Gasteiger partial charge in [0.25, 0.3) is 0 Å². The Bertz CT molecular complexity index is 642. The molecule has 0 saturated carbocycles. The molecule has 1 aromatic rings. The maximum atomic E-state index is 12.4. The van der Waals surface area contributed by atoms with Crippen LogP contribution in [0.4, 0.5) is 19.1 Å². The summed E-state index contributed by atoms with van der Waals surface area (Å²) >= 11 is 0. The molecule has 0 aliphatic heterocycles. The first-order chi connectivity index (χ1) is 11.8. The second-order valence-electron chi connectivity index (χ2n) is 7.46. The number of nitrogens with zero attached hydrogens (tertiary/aromatic N) is 1. The number of amides is 1. The van der Waals surface area contributed by atoms with Crippen molar-refractivity contribution in [1.29, 1.82) is 0 Å². The van der Waals surface area contributed by atoms with Crippen molar-refractivity contribution in [3.8, 4) is 0 Å². The van der Waals surface area contributed by atoms with E-state index in [1.807, 2.05) is 0 Å². The van der Waals surface area contributed by atoms with Gasteiger partial charge in [0, 0.05) is 40.2 Å². The highest BCUT2D eigenvalue weighted by molar-refractivity contribution is 7.85. The maximum Gasteiger partial charge on any atom is 0.389 e. The molecule has 2 N–H and O–H groups in total. The molecule has 1 atom stereocenters. The molecule has 0 bridgehead atoms. The summed E-state index contributed by atoms with van der Waals surface area (Å²) in [6.45, 7) is 6.46. The summed E-state index contributed by atoms with van der Waals surface area (Å²) in [5.74, 6) is -0.582. The van der Waals surface area contributed by atoms with Crippen LogP contribution in [0.25, 0.3) is 0 Å². The van der Waals surface area contributed by atoms with Crippen molar-refractivity contribution in [2.45, 2.75) is 52.1 Å². The van der Waals surface area contributed by atoms with Gasteiger partial charge in [-0.2, -0.15) is 13.2 Å². The summed E-state index contributed by atoms with van der Waals surface area (Å²) in [5, 5.41) is 15.6. The standard InChI is InChI=1S/C16H25F3N2O4S/c1-14(2,9-22)11-8-12(25-21-11)20-13(23)15(3,4)10-26(24)7-5-6-16(17,18)19/h8,22H,5-7,9-10H2,1-4H3,(H,20,23). The van der Waals surface area contributed by atoms with E-state index in [4.69, 9.17) is 4.52 Å². The van der Waals surface area contributed by atoms with E-state index in [0.29, 0.717) is 5.69 Å². The lowest BCUT2D eigenvalue weighted by molar-refractivity contribution is -0.134. The highest BCUT2D eigenvalue weighted by Gasteiger charge is 2.32. The lowest BCUT2D eigenvalue weighted by atomic mass is 9.91. The van der Waals surface area contributed by atoms with Gasteiger partial charge in [0.2, 0.25) is 11.8 Å². The van der Waals surface area contributed by atoms with Crippen LogP contribution in [0, 0.1) is 5.41 Å². The highest BCUT2D eigenvalue weighted by Crippen LogP contribution is 2.26. The molecule has 1 heterocycles. The monoisotopic (exact) mass is 398 g/mol. The van der Waals surface area contributed by atoms with Gasteiger partial charge in [-0.25, -0.2) is 0 Å². The Morgan fingerprint density at radius 1 is 1.31 bits per heavy atom. The van der Waals surface area contributed by atoms with Crippen LogP contribution in [0.2, 0.25) is 0 Å². The van der Waals surface area contributed by atoms with Crippen LogP contribution in [0.5, 0.6) is 0 Å². The van der Waals surface area contributed by atoms with E-state index in [-0.39, 0.29) is 30.4 Å². The lowest BCUT2D eigenvalue weighted by Crippen LogP contribution is -2.36. The van der Waals surface area contributed by atoms with Crippen molar-refractivity contribution in [1.82, 2.24) is 5.16 Å². The van der Waals surface area contributed by atoms with E-state index in [9.17, 15) is 27.3 Å². The largest absolute Gasteiger partial charge is 0.395 e. The number of aromatic nitrogens is 1. The van der Waals surface area contributed by atoms with E-state index in [1.54, 1.807) is 27.7 Å². The van der Waals surface area contributed by atoms with Crippen LogP contribution in [0.1, 0.15) is 46.2 Å². The van der Waals surface area contributed by atoms with Gasteiger partial charge in [0.15, 0.2) is 0 Å². The minimum Gasteiger partial charge on any atom is -0.395 e. The number of hydrogen-bond donors (Lipinski definition) is 2. The molecule has 10 heteroatoms. The average Bonchev–Trinajstić information content (AvgIpc) is 2.94. The topological polar surface area (TPSA) is 92.4 Å². The molecule has 26 heavy (non-hydrogen) atoms. The molecule has 0 fully saturated rings. The summed E-state index contributed by atoms with van der Waals surface area (Å²) in [7, 11) is -1.55. The summed E-state index contributed by atoms with van der Waals surface area (Å²) in [6.07, 6.45) is -5.51. The molecule has 0 spiro atoms. The molecule has 1 rings (SSSR count). The van der Waals surface area contributed by atoms with E-state index < -0.39 is 40.1 Å². The Labute approximate surface area is 153 Å². The Morgan fingerprint density at radius 3 is 2.46 bits per heavy atom. The lowest BCUT2D eigenvalue weighted by Gasteiger charge is -2.22. The maximum absolute atomic E-state index is 12.4. The zero-order chi connectivity index (χ0) is 20.2. The van der Waals surface area contributed by atoms with E-state index in [0.717, 1.165) is 0 Å². The van der Waals surface area contributed by atoms with Gasteiger partial charge < -0.3 is 9.63 Å².